The van der Waals surface area contributed by atoms with Crippen LogP contribution in [0.15, 0.2) is 48.5 Å². The van der Waals surface area contributed by atoms with Crippen LogP contribution in [-0.2, 0) is 0 Å². The molecule has 4 heteroatoms. The molecule has 2 aromatic carbocycles. The number of rotatable bonds is 4. The maximum Gasteiger partial charge on any atom is 0.254 e. The highest BCUT2D eigenvalue weighted by atomic mass is 16.5. The van der Waals surface area contributed by atoms with Crippen molar-refractivity contribution < 1.29 is 9.53 Å². The molecule has 4 nitrogen and oxygen atoms in total. The number of nitrogens with two attached hydrogens (primary N) is 1. The van der Waals surface area contributed by atoms with Crippen LogP contribution in [0.4, 0.5) is 0 Å². The first-order valence-electron chi connectivity index (χ1n) is 9.47. The Hall–Kier alpha value is -2.33. The summed E-state index contributed by atoms with van der Waals surface area (Å²) in [6, 6.07) is 15.9. The number of hydrogen-bond acceptors (Lipinski definition) is 3. The molecule has 0 bridgehead atoms. The second kappa shape index (κ2) is 7.12. The molecule has 1 amide bonds. The third-order valence-corrected chi connectivity index (χ3v) is 6.08. The standard InChI is InChI=1S/C22H26N2O2/c1-26-17-8-4-6-15(12-17)18-9-2-3-10-20(18)22(25)24-14-16-7-5-11-19(16)21(24)13-23/h2-4,6,8-10,12,16,19,21H,5,7,11,13-14,23H2,1H3/t16-,19-,21+/m0/s1. The molecule has 2 N–H and O–H groups in total. The van der Waals surface area contributed by atoms with Crippen molar-refractivity contribution in [1.82, 2.24) is 4.90 Å². The summed E-state index contributed by atoms with van der Waals surface area (Å²) in [5.41, 5.74) is 8.77. The number of benzene rings is 2. The predicted octanol–water partition coefficient (Wildman–Crippen LogP) is 3.56. The first-order valence-corrected chi connectivity index (χ1v) is 9.47. The zero-order chi connectivity index (χ0) is 18.1. The van der Waals surface area contributed by atoms with Gasteiger partial charge in [0, 0.05) is 24.7 Å². The van der Waals surface area contributed by atoms with E-state index in [4.69, 9.17) is 10.5 Å². The molecule has 0 unspecified atom stereocenters. The Labute approximate surface area is 155 Å². The van der Waals surface area contributed by atoms with E-state index < -0.39 is 0 Å². The van der Waals surface area contributed by atoms with Crippen molar-refractivity contribution in [2.75, 3.05) is 20.2 Å². The van der Waals surface area contributed by atoms with Gasteiger partial charge in [-0.1, -0.05) is 36.8 Å². The molecule has 1 heterocycles. The molecule has 2 aromatic rings. The monoisotopic (exact) mass is 350 g/mol. The van der Waals surface area contributed by atoms with Crippen molar-refractivity contribution in [3.8, 4) is 16.9 Å². The van der Waals surface area contributed by atoms with E-state index in [0.29, 0.717) is 18.4 Å². The lowest BCUT2D eigenvalue weighted by molar-refractivity contribution is 0.0719. The summed E-state index contributed by atoms with van der Waals surface area (Å²) in [6.07, 6.45) is 3.70. The average Bonchev–Trinajstić information content (AvgIpc) is 3.28. The lowest BCUT2D eigenvalue weighted by atomic mass is 9.94. The number of carbonyl (C=O) groups is 1. The van der Waals surface area contributed by atoms with Crippen molar-refractivity contribution in [3.05, 3.63) is 54.1 Å². The van der Waals surface area contributed by atoms with Crippen molar-refractivity contribution in [1.29, 1.82) is 0 Å². The highest BCUT2D eigenvalue weighted by molar-refractivity contribution is 6.01. The van der Waals surface area contributed by atoms with Crippen LogP contribution in [-0.4, -0.2) is 37.0 Å². The Morgan fingerprint density at radius 1 is 1.19 bits per heavy atom. The maximum absolute atomic E-state index is 13.4. The topological polar surface area (TPSA) is 55.6 Å². The normalized spacial score (nSPS) is 24.5. The van der Waals surface area contributed by atoms with Crippen molar-refractivity contribution in [2.45, 2.75) is 25.3 Å². The lowest BCUT2D eigenvalue weighted by Gasteiger charge is -2.27. The Morgan fingerprint density at radius 2 is 2.04 bits per heavy atom. The molecule has 1 saturated heterocycles. The van der Waals surface area contributed by atoms with Crippen LogP contribution in [0.1, 0.15) is 29.6 Å². The van der Waals surface area contributed by atoms with E-state index in [9.17, 15) is 4.79 Å². The highest BCUT2D eigenvalue weighted by Gasteiger charge is 2.45. The van der Waals surface area contributed by atoms with Gasteiger partial charge < -0.3 is 15.4 Å². The number of ether oxygens (including phenoxy) is 1. The zero-order valence-corrected chi connectivity index (χ0v) is 15.2. The van der Waals surface area contributed by atoms with Crippen LogP contribution in [0.5, 0.6) is 5.75 Å². The van der Waals surface area contributed by atoms with Crippen molar-refractivity contribution in [3.63, 3.8) is 0 Å². The SMILES string of the molecule is COc1cccc(-c2ccccc2C(=O)N2C[C@@H]3CCC[C@@H]3[C@H]2CN)c1. The number of amides is 1. The molecule has 4 rings (SSSR count). The number of carbonyl (C=O) groups excluding carboxylic acids is 1. The summed E-state index contributed by atoms with van der Waals surface area (Å²) in [5, 5.41) is 0. The van der Waals surface area contributed by atoms with E-state index in [1.807, 2.05) is 53.4 Å². The number of fused-ring (bicyclic) bond motifs is 1. The molecule has 3 atom stereocenters. The van der Waals surface area contributed by atoms with Gasteiger partial charge in [0.25, 0.3) is 5.91 Å². The van der Waals surface area contributed by atoms with Crippen molar-refractivity contribution in [2.24, 2.45) is 17.6 Å². The number of nitrogens with zero attached hydrogens (tertiary/aromatic N) is 1. The van der Waals surface area contributed by atoms with Gasteiger partial charge in [-0.3, -0.25) is 4.79 Å². The Bertz CT molecular complexity index is 804. The van der Waals surface area contributed by atoms with Gasteiger partial charge in [0.15, 0.2) is 0 Å². The first kappa shape index (κ1) is 17.1. The Morgan fingerprint density at radius 3 is 2.85 bits per heavy atom. The van der Waals surface area contributed by atoms with E-state index >= 15 is 0 Å². The minimum atomic E-state index is 0.105. The third kappa shape index (κ3) is 2.88. The van der Waals surface area contributed by atoms with Crippen molar-refractivity contribution >= 4 is 5.91 Å². The smallest absolute Gasteiger partial charge is 0.254 e. The Kier molecular flexibility index (Phi) is 4.68. The van der Waals surface area contributed by atoms with E-state index in [1.165, 1.54) is 19.3 Å². The summed E-state index contributed by atoms with van der Waals surface area (Å²) in [4.78, 5) is 15.5. The molecule has 1 saturated carbocycles. The number of likely N-dealkylation sites (tertiary alicyclic amines) is 1. The van der Waals surface area contributed by atoms with E-state index in [-0.39, 0.29) is 11.9 Å². The highest BCUT2D eigenvalue weighted by Crippen LogP contribution is 2.42. The summed E-state index contributed by atoms with van der Waals surface area (Å²) >= 11 is 0. The molecule has 136 valence electrons. The van der Waals surface area contributed by atoms with Crippen LogP contribution in [0, 0.1) is 11.8 Å². The fourth-order valence-corrected chi connectivity index (χ4v) is 4.82. The fourth-order valence-electron chi connectivity index (χ4n) is 4.82. The molecule has 0 spiro atoms. The fraction of sp³-hybridized carbons (Fsp3) is 0.409. The molecular formula is C22H26N2O2. The van der Waals surface area contributed by atoms with Gasteiger partial charge in [0.2, 0.25) is 0 Å². The number of hydrogen-bond donors (Lipinski definition) is 1. The van der Waals surface area contributed by atoms with Crippen LogP contribution >= 0.6 is 0 Å². The summed E-state index contributed by atoms with van der Waals surface area (Å²) < 4.78 is 5.35. The maximum atomic E-state index is 13.4. The number of methoxy groups -OCH3 is 1. The van der Waals surface area contributed by atoms with E-state index in [1.54, 1.807) is 7.11 Å². The molecule has 1 aliphatic carbocycles. The summed E-state index contributed by atoms with van der Waals surface area (Å²) in [7, 11) is 1.66. The van der Waals surface area contributed by atoms with Crippen LogP contribution < -0.4 is 10.5 Å². The van der Waals surface area contributed by atoms with Crippen LogP contribution in [0.2, 0.25) is 0 Å². The first-order chi connectivity index (χ1) is 12.7. The van der Waals surface area contributed by atoms with Gasteiger partial charge in [0.05, 0.1) is 7.11 Å². The van der Waals surface area contributed by atoms with Gasteiger partial charge in [-0.2, -0.15) is 0 Å². The van der Waals surface area contributed by atoms with Crippen LogP contribution in [0.3, 0.4) is 0 Å². The second-order valence-electron chi connectivity index (χ2n) is 7.39. The van der Waals surface area contributed by atoms with E-state index in [2.05, 4.69) is 0 Å². The Balaban J connectivity index is 1.69. The largest absolute Gasteiger partial charge is 0.497 e. The molecule has 2 fully saturated rings. The summed E-state index contributed by atoms with van der Waals surface area (Å²) in [6.45, 7) is 1.39. The molecule has 0 aromatic heterocycles. The molecular weight excluding hydrogens is 324 g/mol. The third-order valence-electron chi connectivity index (χ3n) is 6.08. The molecule has 1 aliphatic heterocycles. The molecule has 2 aliphatic rings. The predicted molar refractivity (Wildman–Crippen MR) is 103 cm³/mol. The molecule has 26 heavy (non-hydrogen) atoms. The van der Waals surface area contributed by atoms with Gasteiger partial charge in [0.1, 0.15) is 5.75 Å². The summed E-state index contributed by atoms with van der Waals surface area (Å²) in [5.74, 6) is 2.10. The minimum Gasteiger partial charge on any atom is -0.497 e. The average molecular weight is 350 g/mol. The van der Waals surface area contributed by atoms with Gasteiger partial charge >= 0.3 is 0 Å². The van der Waals surface area contributed by atoms with Crippen LogP contribution in [0.25, 0.3) is 11.1 Å². The minimum absolute atomic E-state index is 0.105. The van der Waals surface area contributed by atoms with Gasteiger partial charge in [-0.05, 0) is 54.0 Å². The van der Waals surface area contributed by atoms with E-state index in [0.717, 1.165) is 29.0 Å². The van der Waals surface area contributed by atoms with Gasteiger partial charge in [-0.25, -0.2) is 0 Å². The molecule has 0 radical (unpaired) electrons. The van der Waals surface area contributed by atoms with Gasteiger partial charge in [-0.15, -0.1) is 0 Å². The second-order valence-corrected chi connectivity index (χ2v) is 7.39. The zero-order valence-electron chi connectivity index (χ0n) is 15.2. The quantitative estimate of drug-likeness (QED) is 0.917. The lowest BCUT2D eigenvalue weighted by Crippen LogP contribution is -2.42.